The van der Waals surface area contributed by atoms with Gasteiger partial charge in [-0.2, -0.15) is 10.2 Å². The predicted octanol–water partition coefficient (Wildman–Crippen LogP) is 1.88. The van der Waals surface area contributed by atoms with Crippen molar-refractivity contribution in [2.24, 2.45) is 11.8 Å². The third-order valence-corrected chi connectivity index (χ3v) is 10.8. The molecule has 27 heavy (non-hydrogen) atoms. The van der Waals surface area contributed by atoms with Crippen LogP contribution in [0.2, 0.25) is 18.1 Å². The standard InChI is InChI=1S/C18H30N4O4Si/c1-11(2)18(3,4)27(5,6)25-10-13-15(23)12(9-19)16(26-13)22-8-7-14(20)21-17(22)24/h7-8,11-13,15-16,23H,10H2,1-6H3,(H2,20,21,24)/t12-,13-,15+,16-/m1/s1. The molecular formula is C18H30N4O4Si. The summed E-state index contributed by atoms with van der Waals surface area (Å²) in [5.41, 5.74) is 4.89. The maximum atomic E-state index is 12.1. The zero-order valence-electron chi connectivity index (χ0n) is 16.8. The molecule has 0 unspecified atom stereocenters. The van der Waals surface area contributed by atoms with Crippen molar-refractivity contribution in [3.8, 4) is 6.07 Å². The average molecular weight is 395 g/mol. The number of nitrogens with zero attached hydrogens (tertiary/aromatic N) is 3. The van der Waals surface area contributed by atoms with Gasteiger partial charge >= 0.3 is 5.69 Å². The summed E-state index contributed by atoms with van der Waals surface area (Å²) < 4.78 is 13.3. The van der Waals surface area contributed by atoms with Crippen LogP contribution in [0.25, 0.3) is 0 Å². The van der Waals surface area contributed by atoms with Crippen molar-refractivity contribution in [2.45, 2.75) is 64.3 Å². The minimum atomic E-state index is -2.11. The second-order valence-corrected chi connectivity index (χ2v) is 13.0. The number of aromatic nitrogens is 2. The quantitative estimate of drug-likeness (QED) is 0.706. The topological polar surface area (TPSA) is 123 Å². The molecule has 1 aliphatic heterocycles. The molecule has 0 radical (unpaired) electrons. The SMILES string of the molecule is CC(C)C(C)(C)[Si](C)(C)OC[C@H]1O[C@@H](n2ccc(N)nc2=O)[C@H](C#N)[C@@H]1O. The Bertz CT molecular complexity index is 771. The Hall–Kier alpha value is -1.73. The summed E-state index contributed by atoms with van der Waals surface area (Å²) in [4.78, 5) is 15.8. The van der Waals surface area contributed by atoms with E-state index >= 15 is 0 Å². The first kappa shape index (κ1) is 21.6. The Morgan fingerprint density at radius 2 is 2.15 bits per heavy atom. The molecular weight excluding hydrogens is 364 g/mol. The van der Waals surface area contributed by atoms with Crippen LogP contribution in [0.1, 0.15) is 33.9 Å². The number of nitrogens with two attached hydrogens (primary N) is 1. The molecule has 1 aliphatic rings. The number of ether oxygens (including phenoxy) is 1. The molecule has 0 aromatic carbocycles. The van der Waals surface area contributed by atoms with E-state index in [0.29, 0.717) is 5.92 Å². The first-order chi connectivity index (χ1) is 12.4. The molecule has 0 aliphatic carbocycles. The molecule has 9 heteroatoms. The molecule has 2 heterocycles. The van der Waals surface area contributed by atoms with Gasteiger partial charge in [0.1, 0.15) is 23.9 Å². The summed E-state index contributed by atoms with van der Waals surface area (Å²) in [6.07, 6.45) is -1.26. The first-order valence-corrected chi connectivity index (χ1v) is 12.0. The highest BCUT2D eigenvalue weighted by Crippen LogP contribution is 2.45. The highest BCUT2D eigenvalue weighted by Gasteiger charge is 2.48. The molecule has 1 fully saturated rings. The summed E-state index contributed by atoms with van der Waals surface area (Å²) in [6, 6.07) is 3.50. The van der Waals surface area contributed by atoms with Crippen LogP contribution in [0, 0.1) is 23.2 Å². The fourth-order valence-corrected chi connectivity index (χ4v) is 5.40. The molecule has 2 rings (SSSR count). The van der Waals surface area contributed by atoms with Crippen molar-refractivity contribution < 1.29 is 14.3 Å². The lowest BCUT2D eigenvalue weighted by Gasteiger charge is -2.43. The van der Waals surface area contributed by atoms with Gasteiger partial charge in [0.05, 0.1) is 12.7 Å². The number of hydrogen-bond donors (Lipinski definition) is 2. The maximum Gasteiger partial charge on any atom is 0.351 e. The Balaban J connectivity index is 2.18. The first-order valence-electron chi connectivity index (χ1n) is 9.14. The van der Waals surface area contributed by atoms with E-state index in [9.17, 15) is 15.2 Å². The van der Waals surface area contributed by atoms with E-state index in [1.165, 1.54) is 16.8 Å². The van der Waals surface area contributed by atoms with Gasteiger partial charge in [0, 0.05) is 6.20 Å². The van der Waals surface area contributed by atoms with Gasteiger partial charge in [-0.1, -0.05) is 27.7 Å². The van der Waals surface area contributed by atoms with Crippen molar-refractivity contribution in [1.29, 1.82) is 5.26 Å². The van der Waals surface area contributed by atoms with Gasteiger partial charge < -0.3 is 20.0 Å². The number of hydrogen-bond acceptors (Lipinski definition) is 7. The number of aliphatic hydroxyl groups is 1. The summed E-state index contributed by atoms with van der Waals surface area (Å²) in [5, 5.41) is 20.1. The second-order valence-electron chi connectivity index (χ2n) is 8.45. The Morgan fingerprint density at radius 3 is 2.67 bits per heavy atom. The smallest absolute Gasteiger partial charge is 0.351 e. The van der Waals surface area contributed by atoms with Crippen molar-refractivity contribution in [3.63, 3.8) is 0 Å². The maximum absolute atomic E-state index is 12.1. The van der Waals surface area contributed by atoms with Crippen LogP contribution in [0.4, 0.5) is 5.82 Å². The number of nitrogen functional groups attached to an aromatic ring is 1. The lowest BCUT2D eigenvalue weighted by atomic mass is 9.99. The molecule has 4 atom stereocenters. The van der Waals surface area contributed by atoms with Crippen LogP contribution in [0.5, 0.6) is 0 Å². The Morgan fingerprint density at radius 1 is 1.52 bits per heavy atom. The zero-order chi connectivity index (χ0) is 20.6. The van der Waals surface area contributed by atoms with Gasteiger partial charge in [0.15, 0.2) is 14.5 Å². The van der Waals surface area contributed by atoms with Gasteiger partial charge in [-0.15, -0.1) is 0 Å². The third kappa shape index (κ3) is 4.09. The zero-order valence-corrected chi connectivity index (χ0v) is 17.8. The van der Waals surface area contributed by atoms with Crippen molar-refractivity contribution in [2.75, 3.05) is 12.3 Å². The third-order valence-electron chi connectivity index (χ3n) is 6.25. The van der Waals surface area contributed by atoms with Crippen molar-refractivity contribution in [3.05, 3.63) is 22.7 Å². The van der Waals surface area contributed by atoms with Gasteiger partial charge in [-0.05, 0) is 30.1 Å². The molecule has 0 amide bonds. The molecule has 3 N–H and O–H groups in total. The molecule has 1 saturated heterocycles. The van der Waals surface area contributed by atoms with Gasteiger partial charge in [-0.25, -0.2) is 4.79 Å². The van der Waals surface area contributed by atoms with Gasteiger partial charge in [0.25, 0.3) is 0 Å². The molecule has 1 aromatic rings. The highest BCUT2D eigenvalue weighted by atomic mass is 28.4. The monoisotopic (exact) mass is 394 g/mol. The van der Waals surface area contributed by atoms with E-state index in [1.807, 2.05) is 6.07 Å². The lowest BCUT2D eigenvalue weighted by Crippen LogP contribution is -2.47. The van der Waals surface area contributed by atoms with Crippen LogP contribution in [0.3, 0.4) is 0 Å². The highest BCUT2D eigenvalue weighted by molar-refractivity contribution is 6.74. The van der Waals surface area contributed by atoms with Gasteiger partial charge in [0.2, 0.25) is 0 Å². The minimum absolute atomic E-state index is 0.0163. The number of aliphatic hydroxyl groups excluding tert-OH is 1. The molecule has 1 aromatic heterocycles. The Labute approximate surface area is 161 Å². The fourth-order valence-electron chi connectivity index (χ4n) is 3.05. The van der Waals surface area contributed by atoms with Crippen LogP contribution in [-0.4, -0.2) is 41.8 Å². The van der Waals surface area contributed by atoms with E-state index in [2.05, 4.69) is 45.8 Å². The minimum Gasteiger partial charge on any atom is -0.414 e. The van der Waals surface area contributed by atoms with Crippen LogP contribution in [-0.2, 0) is 9.16 Å². The number of rotatable bonds is 6. The fraction of sp³-hybridized carbons (Fsp3) is 0.722. The van der Waals surface area contributed by atoms with Crippen LogP contribution < -0.4 is 11.4 Å². The molecule has 0 bridgehead atoms. The van der Waals surface area contributed by atoms with E-state index in [0.717, 1.165) is 0 Å². The van der Waals surface area contributed by atoms with Crippen LogP contribution in [0.15, 0.2) is 17.1 Å². The molecule has 150 valence electrons. The van der Waals surface area contributed by atoms with Gasteiger partial charge in [-0.3, -0.25) is 4.57 Å². The molecule has 0 spiro atoms. The predicted molar refractivity (Wildman–Crippen MR) is 104 cm³/mol. The van der Waals surface area contributed by atoms with E-state index < -0.39 is 38.4 Å². The van der Waals surface area contributed by atoms with Crippen molar-refractivity contribution >= 4 is 14.1 Å². The van der Waals surface area contributed by atoms with Crippen molar-refractivity contribution in [1.82, 2.24) is 9.55 Å². The number of nitriles is 1. The average Bonchev–Trinajstić information content (AvgIpc) is 2.88. The summed E-state index contributed by atoms with van der Waals surface area (Å²) >= 11 is 0. The summed E-state index contributed by atoms with van der Waals surface area (Å²) in [6.45, 7) is 13.2. The summed E-state index contributed by atoms with van der Waals surface area (Å²) in [5.74, 6) is -0.371. The van der Waals surface area contributed by atoms with Crippen LogP contribution >= 0.6 is 0 Å². The second kappa shape index (κ2) is 7.71. The largest absolute Gasteiger partial charge is 0.414 e. The molecule has 0 saturated carbocycles. The summed E-state index contributed by atoms with van der Waals surface area (Å²) in [7, 11) is -2.11. The Kier molecular flexibility index (Phi) is 6.16. The van der Waals surface area contributed by atoms with E-state index in [-0.39, 0.29) is 17.5 Å². The molecule has 8 nitrogen and oxygen atoms in total. The normalized spacial score (nSPS) is 26.3. The lowest BCUT2D eigenvalue weighted by molar-refractivity contribution is -0.0447. The van der Waals surface area contributed by atoms with E-state index in [4.69, 9.17) is 14.9 Å². The number of anilines is 1. The van der Waals surface area contributed by atoms with E-state index in [1.54, 1.807) is 0 Å².